The number of amides is 10. The highest BCUT2D eigenvalue weighted by atomic mass is 33.1. The van der Waals surface area contributed by atoms with Crippen LogP contribution in [0.15, 0.2) is 118 Å². The Balaban J connectivity index is 1.07. The molecule has 2 fully saturated rings. The van der Waals surface area contributed by atoms with Gasteiger partial charge < -0.3 is 74.6 Å². The number of unbranched alkanes of at least 4 members (excludes halogenated alkanes) is 3. The van der Waals surface area contributed by atoms with Gasteiger partial charge in [-0.1, -0.05) is 84.0 Å². The fourth-order valence-corrected chi connectivity index (χ4v) is 17.3. The number of aliphatic carboxylic acids is 1. The predicted molar refractivity (Wildman–Crippen MR) is 423 cm³/mol. The molecular weight excluding hydrogens is 1540 g/mol. The number of benzene rings is 3. The van der Waals surface area contributed by atoms with Gasteiger partial charge in [0.05, 0.1) is 33.9 Å². The molecule has 2 saturated heterocycles. The first kappa shape index (κ1) is 88.9. The monoisotopic (exact) mass is 1630 g/mol. The van der Waals surface area contributed by atoms with Gasteiger partial charge in [0.2, 0.25) is 64.8 Å². The van der Waals surface area contributed by atoms with Crippen LogP contribution >= 0.6 is 33.3 Å². The van der Waals surface area contributed by atoms with E-state index in [-0.39, 0.29) is 103 Å². The lowest BCUT2D eigenvalue weighted by Gasteiger charge is -2.27. The van der Waals surface area contributed by atoms with Crippen molar-refractivity contribution in [3.05, 3.63) is 119 Å². The molecule has 0 aliphatic carbocycles. The molecule has 4 aliphatic rings. The molecular formula is C73H100N15O18S5+. The molecule has 7 atom stereocenters. The first-order valence-electron chi connectivity index (χ1n) is 36.3. The van der Waals surface area contributed by atoms with Crippen molar-refractivity contribution in [2.45, 2.75) is 175 Å². The zero-order chi connectivity index (χ0) is 81.4. The molecule has 2 bridgehead atoms. The Morgan fingerprint density at radius 3 is 1.90 bits per heavy atom. The second-order valence-electron chi connectivity index (χ2n) is 27.8. The van der Waals surface area contributed by atoms with Gasteiger partial charge in [0.1, 0.15) is 48.8 Å². The number of allylic oxidation sites excluding steroid dienone is 6. The predicted octanol–water partition coefficient (Wildman–Crippen LogP) is 1.78. The number of nitrogens with zero attached hydrogens (tertiary/aromatic N) is 3. The molecule has 604 valence electrons. The first-order chi connectivity index (χ1) is 52.5. The van der Waals surface area contributed by atoms with Crippen LogP contribution in [0, 0.1) is 0 Å². The van der Waals surface area contributed by atoms with E-state index in [0.29, 0.717) is 49.9 Å². The molecule has 0 saturated carbocycles. The number of hydrogen-bond donors (Lipinski definition) is 15. The maximum atomic E-state index is 14.7. The average molecular weight is 1640 g/mol. The quantitative estimate of drug-likeness (QED) is 0.00983. The van der Waals surface area contributed by atoms with Crippen LogP contribution in [0.2, 0.25) is 0 Å². The molecule has 4 aliphatic heterocycles. The van der Waals surface area contributed by atoms with Gasteiger partial charge in [-0.15, -0.1) is 11.8 Å². The third kappa shape index (κ3) is 25.9. The minimum Gasteiger partial charge on any atom is -0.481 e. The van der Waals surface area contributed by atoms with Crippen LogP contribution in [0.3, 0.4) is 0 Å². The van der Waals surface area contributed by atoms with Crippen molar-refractivity contribution in [3.8, 4) is 0 Å². The highest BCUT2D eigenvalue weighted by Crippen LogP contribution is 2.48. The summed E-state index contributed by atoms with van der Waals surface area (Å²) >= 11 is 0.933. The Kier molecular flexibility index (Phi) is 33.0. The summed E-state index contributed by atoms with van der Waals surface area (Å²) in [5.74, 6) is -11.2. The number of likely N-dealkylation sites (N-methyl/N-ethyl adjacent to an activating group) is 2. The van der Waals surface area contributed by atoms with Crippen molar-refractivity contribution in [1.82, 2.24) is 53.2 Å². The summed E-state index contributed by atoms with van der Waals surface area (Å²) in [5.41, 5.74) is 15.0. The van der Waals surface area contributed by atoms with Crippen LogP contribution in [-0.2, 0) is 90.2 Å². The van der Waals surface area contributed by atoms with E-state index in [1.54, 1.807) is 49.4 Å². The molecule has 38 heteroatoms. The molecule has 111 heavy (non-hydrogen) atoms. The summed E-state index contributed by atoms with van der Waals surface area (Å²) in [5, 5.41) is 36.0. The van der Waals surface area contributed by atoms with E-state index in [1.807, 2.05) is 65.0 Å². The van der Waals surface area contributed by atoms with E-state index in [2.05, 4.69) is 67.6 Å². The molecule has 7 rings (SSSR count). The van der Waals surface area contributed by atoms with Crippen molar-refractivity contribution in [3.63, 3.8) is 0 Å². The fourth-order valence-electron chi connectivity index (χ4n) is 13.1. The number of carbonyl (C=O) groups is 11. The van der Waals surface area contributed by atoms with Gasteiger partial charge in [-0.2, -0.15) is 21.4 Å². The van der Waals surface area contributed by atoms with Gasteiger partial charge in [-0.3, -0.25) is 66.8 Å². The summed E-state index contributed by atoms with van der Waals surface area (Å²) in [7, 11) is -7.14. The lowest BCUT2D eigenvalue weighted by atomic mass is 9.81. The number of nitrogens with one attached hydrogen (secondary N) is 10. The summed E-state index contributed by atoms with van der Waals surface area (Å²) in [6, 6.07) is 7.13. The SMILES string of the molecule is CCNC(=O)[C@@H]1CSCC(=O)N[C@@H](CCCCNC(=O)CCCCC[N+]2=C(C=CC=CC=C3N(CC)c4ccc(S(=O)(=O)O)cc4C3(C)C)C(C)(C)c3cc(S(=O)(=O)O)ccc32)C(=O)N[C@H]2CSSC[C@H](NC(=O)[C@H](CC(=O)O)NC(=O)CNC(=O)[C@H](CCCN=C(N)N)NC2=O)C(=O)N[C@@H](Cc2ccccc2)C(=O)N1. The number of nitrogens with two attached hydrogens (primary N) is 2. The highest BCUT2D eigenvalue weighted by molar-refractivity contribution is 8.76. The largest absolute Gasteiger partial charge is 0.481 e. The minimum absolute atomic E-state index is 0.000477. The van der Waals surface area contributed by atoms with Crippen LogP contribution in [0.1, 0.15) is 122 Å². The number of aliphatic imine (C=N–C) groups is 1. The Bertz CT molecular complexity index is 4340. The molecule has 33 nitrogen and oxygen atoms in total. The normalized spacial score (nSPS) is 22.3. The van der Waals surface area contributed by atoms with Gasteiger partial charge in [-0.25, -0.2) is 0 Å². The number of thioether (sulfide) groups is 1. The number of guanidine groups is 1. The van der Waals surface area contributed by atoms with Crippen molar-refractivity contribution < 1.29 is 88.4 Å². The second-order valence-corrected chi connectivity index (χ2v) is 34.2. The molecule has 17 N–H and O–H groups in total. The zero-order valence-corrected chi connectivity index (χ0v) is 66.7. The highest BCUT2D eigenvalue weighted by Gasteiger charge is 2.46. The maximum Gasteiger partial charge on any atom is 0.305 e. The van der Waals surface area contributed by atoms with Crippen LogP contribution in [0.5, 0.6) is 0 Å². The van der Waals surface area contributed by atoms with E-state index in [9.17, 15) is 83.8 Å². The van der Waals surface area contributed by atoms with Crippen LogP contribution in [0.4, 0.5) is 11.4 Å². The molecule has 0 unspecified atom stereocenters. The number of hydrogen-bond acceptors (Lipinski definition) is 20. The Hall–Kier alpha value is -9.34. The van der Waals surface area contributed by atoms with E-state index < -0.39 is 145 Å². The van der Waals surface area contributed by atoms with Crippen LogP contribution < -0.4 is 69.5 Å². The number of rotatable bonds is 27. The molecule has 3 aromatic rings. The third-order valence-electron chi connectivity index (χ3n) is 18.8. The Morgan fingerprint density at radius 2 is 1.26 bits per heavy atom. The molecule has 0 aromatic heterocycles. The van der Waals surface area contributed by atoms with Crippen LogP contribution in [-0.4, -0.2) is 217 Å². The van der Waals surface area contributed by atoms with Crippen molar-refractivity contribution in [2.75, 3.05) is 67.2 Å². The summed E-state index contributed by atoms with van der Waals surface area (Å²) in [6.45, 7) is 12.0. The lowest BCUT2D eigenvalue weighted by molar-refractivity contribution is -0.438. The smallest absolute Gasteiger partial charge is 0.305 e. The van der Waals surface area contributed by atoms with Crippen molar-refractivity contribution >= 4 is 142 Å². The summed E-state index contributed by atoms with van der Waals surface area (Å²) in [6.07, 6.45) is 10.6. The molecule has 3 aromatic carbocycles. The fraction of sp³-hybridized carbons (Fsp3) is 0.493. The number of carboxylic acid groups (broad SMARTS) is 1. The number of anilines is 1. The van der Waals surface area contributed by atoms with E-state index in [1.165, 1.54) is 24.3 Å². The molecule has 10 amide bonds. The van der Waals surface area contributed by atoms with Gasteiger partial charge in [0.15, 0.2) is 11.7 Å². The van der Waals surface area contributed by atoms with Gasteiger partial charge in [0, 0.05) is 97.2 Å². The summed E-state index contributed by atoms with van der Waals surface area (Å²) < 4.78 is 70.8. The molecule has 4 heterocycles. The number of carbonyl (C=O) groups excluding carboxylic acids is 10. The van der Waals surface area contributed by atoms with Gasteiger partial charge in [-0.05, 0) is 120 Å². The van der Waals surface area contributed by atoms with E-state index in [4.69, 9.17) is 11.5 Å². The van der Waals surface area contributed by atoms with Crippen molar-refractivity contribution in [1.29, 1.82) is 0 Å². The van der Waals surface area contributed by atoms with Gasteiger partial charge >= 0.3 is 5.97 Å². The average Bonchev–Trinajstić information content (AvgIpc) is 1.59. The van der Waals surface area contributed by atoms with Gasteiger partial charge in [0.25, 0.3) is 20.2 Å². The Morgan fingerprint density at radius 1 is 0.649 bits per heavy atom. The summed E-state index contributed by atoms with van der Waals surface area (Å²) in [4.78, 5) is 158. The Labute approximate surface area is 657 Å². The van der Waals surface area contributed by atoms with E-state index >= 15 is 0 Å². The van der Waals surface area contributed by atoms with Crippen molar-refractivity contribution in [2.24, 2.45) is 16.5 Å². The van der Waals surface area contributed by atoms with E-state index in [0.717, 1.165) is 61.7 Å². The lowest BCUT2D eigenvalue weighted by Crippen LogP contribution is -2.60. The maximum absolute atomic E-state index is 14.7. The molecule has 0 spiro atoms. The third-order valence-corrected chi connectivity index (χ3v) is 24.0. The number of fused-ring (bicyclic) bond motifs is 7. The molecule has 0 radical (unpaired) electrons. The second kappa shape index (κ2) is 41.3. The number of carboxylic acids is 1. The standard InChI is InChI=1S/C73H99N15O18S5/c1-7-76-65(95)53-40-107-43-62(91)80-50(66(96)85-54-41-108-109-42-55(70(100)83-51(67(97)84-53)35-44-21-12-9-13-22-44)86-68(98)52(38-63(92)93)81-61(90)39-79-64(94)49(82-69(54)99)24-20-33-78-71(74)75)23-17-18-32-77-60(89)27-16-11-19-34-88-57-31-29-46(111(104,105)106)37-48(57)73(5,6)59(88)26-15-10-14-25-58-72(3,4)47-36-45(110(101,102)103)28-30-56(47)87(58)8-2/h9-10,12-15,21-22,25-26,28-31,36-37,49-55H,7-8,11,16-20,23-24,27,32-35,38-43H2,1-6H3,(H16-,74,75,76,77,78,79,80,81,82,83,84,85,86,89,90,91,92,93,94,95,96,97,98,99,100,101,102,103,104,105,106)/p+1/t49-,50-,51-,52-,53-,54-,55-/m0/s1. The topological polar surface area (TPSA) is 508 Å². The first-order valence-corrected chi connectivity index (χ1v) is 42.8. The van der Waals surface area contributed by atoms with Crippen LogP contribution in [0.25, 0.3) is 0 Å². The minimum atomic E-state index is -4.55. The zero-order valence-electron chi connectivity index (χ0n) is 62.6.